The van der Waals surface area contributed by atoms with E-state index in [1.165, 1.54) is 88.5 Å². The summed E-state index contributed by atoms with van der Waals surface area (Å²) in [6.45, 7) is 12.4. The Morgan fingerprint density at radius 2 is 1.15 bits per heavy atom. The van der Waals surface area contributed by atoms with Crippen LogP contribution in [0.15, 0.2) is 24.3 Å². The van der Waals surface area contributed by atoms with Gasteiger partial charge >= 0.3 is 23.9 Å². The molecule has 71 heavy (non-hydrogen) atoms. The quantitative estimate of drug-likeness (QED) is 0.0518. The number of aliphatic carboxylic acids is 4. The first-order chi connectivity index (χ1) is 33.4. The van der Waals surface area contributed by atoms with Gasteiger partial charge in [-0.25, -0.2) is 9.59 Å². The van der Waals surface area contributed by atoms with Crippen LogP contribution in [0, 0.1) is 58.2 Å². The molecule has 6 rings (SSSR count). The minimum atomic E-state index is -1.60. The zero-order chi connectivity index (χ0) is 52.1. The standard InChI is InChI=1S/C55H76Cl2N2O12/c1-29(2)8-6-9-30(3)39-14-15-40-36-13-12-34-24-31(20-22-54(34,4)41(36)21-23-55(39,40)5)10-7-11-35(32-25-37(48(64)42(56)27-32)50(66)58-44(52(68)69)16-18-46(60)61)33-26-38(49(65)43(57)28-33)51(67)59-45(53(70)71)17-19-47(62)63/h25-31,34-36,39-41,44-45,64-65H,6-24H2,1-5H3,(H,58,66)(H,59,67)(H,60,61)(H,62,63)(H,68,69)(H,70,71)/t30?,31-,34?,36-,39+,40-,41-,44-,45-,54-,55+/m0/s1. The van der Waals surface area contributed by atoms with Gasteiger partial charge in [-0.05, 0) is 171 Å². The highest BCUT2D eigenvalue weighted by Crippen LogP contribution is 2.69. The van der Waals surface area contributed by atoms with Gasteiger partial charge in [-0.3, -0.25) is 19.2 Å². The molecule has 2 aromatic carbocycles. The summed E-state index contributed by atoms with van der Waals surface area (Å²) >= 11 is 13.2. The Morgan fingerprint density at radius 1 is 0.634 bits per heavy atom. The van der Waals surface area contributed by atoms with Gasteiger partial charge in [0.05, 0.1) is 21.2 Å². The Hall–Kier alpha value is -4.56. The third-order valence-electron chi connectivity index (χ3n) is 18.0. The number of hydrogen-bond donors (Lipinski definition) is 8. The van der Waals surface area contributed by atoms with Crippen LogP contribution in [-0.2, 0) is 19.2 Å². The Bertz CT molecular complexity index is 2200. The number of carboxylic acids is 4. The van der Waals surface area contributed by atoms with Crippen LogP contribution < -0.4 is 10.6 Å². The number of carbonyl (C=O) groups excluding carboxylic acids is 2. The fourth-order valence-corrected chi connectivity index (χ4v) is 14.7. The molecular formula is C55H76Cl2N2O12. The van der Waals surface area contributed by atoms with Gasteiger partial charge in [-0.15, -0.1) is 0 Å². The van der Waals surface area contributed by atoms with Crippen molar-refractivity contribution in [2.24, 2.45) is 58.2 Å². The molecule has 2 unspecified atom stereocenters. The first-order valence-corrected chi connectivity index (χ1v) is 26.8. The van der Waals surface area contributed by atoms with Gasteiger partial charge in [-0.1, -0.05) is 89.9 Å². The average molecular weight is 1030 g/mol. The predicted octanol–water partition coefficient (Wildman–Crippen LogP) is 11.5. The number of carboxylic acid groups (broad SMARTS) is 4. The molecule has 14 nitrogen and oxygen atoms in total. The molecule has 11 atom stereocenters. The van der Waals surface area contributed by atoms with Gasteiger partial charge in [0.15, 0.2) is 0 Å². The van der Waals surface area contributed by atoms with E-state index in [0.29, 0.717) is 46.6 Å². The molecule has 0 heterocycles. The molecule has 4 aliphatic rings. The number of benzene rings is 2. The summed E-state index contributed by atoms with van der Waals surface area (Å²) in [7, 11) is 0. The summed E-state index contributed by atoms with van der Waals surface area (Å²) in [5, 5.41) is 64.1. The highest BCUT2D eigenvalue weighted by atomic mass is 35.5. The lowest BCUT2D eigenvalue weighted by Crippen LogP contribution is -2.53. The Labute approximate surface area is 428 Å². The van der Waals surface area contributed by atoms with E-state index < -0.39 is 90.9 Å². The van der Waals surface area contributed by atoms with Crippen LogP contribution in [0.1, 0.15) is 194 Å². The van der Waals surface area contributed by atoms with Gasteiger partial charge < -0.3 is 41.3 Å². The van der Waals surface area contributed by atoms with Crippen molar-refractivity contribution in [2.75, 3.05) is 0 Å². The van der Waals surface area contributed by atoms with Crippen molar-refractivity contribution < 1.29 is 59.4 Å². The Balaban J connectivity index is 1.22. The smallest absolute Gasteiger partial charge is 0.326 e. The third kappa shape index (κ3) is 12.8. The second-order valence-corrected chi connectivity index (χ2v) is 23.5. The highest BCUT2D eigenvalue weighted by Gasteiger charge is 2.60. The monoisotopic (exact) mass is 1030 g/mol. The first-order valence-electron chi connectivity index (χ1n) is 26.0. The molecule has 4 saturated carbocycles. The number of aromatic hydroxyl groups is 2. The van der Waals surface area contributed by atoms with Crippen LogP contribution >= 0.6 is 23.2 Å². The normalized spacial score (nSPS) is 27.2. The van der Waals surface area contributed by atoms with Gasteiger partial charge in [0.25, 0.3) is 11.8 Å². The van der Waals surface area contributed by atoms with Crippen molar-refractivity contribution in [1.29, 1.82) is 0 Å². The lowest BCUT2D eigenvalue weighted by atomic mass is 9.44. The third-order valence-corrected chi connectivity index (χ3v) is 18.6. The summed E-state index contributed by atoms with van der Waals surface area (Å²) in [4.78, 5) is 73.8. The number of amides is 2. The van der Waals surface area contributed by atoms with Crippen LogP contribution in [0.25, 0.3) is 0 Å². The summed E-state index contributed by atoms with van der Waals surface area (Å²) in [5.41, 5.74) is 0.736. The minimum absolute atomic E-state index is 0.241. The van der Waals surface area contributed by atoms with Gasteiger partial charge in [-0.2, -0.15) is 0 Å². The van der Waals surface area contributed by atoms with Crippen LogP contribution in [-0.4, -0.2) is 78.4 Å². The molecule has 2 amide bonds. The van der Waals surface area contributed by atoms with Crippen molar-refractivity contribution in [3.63, 3.8) is 0 Å². The molecule has 0 saturated heterocycles. The second-order valence-electron chi connectivity index (χ2n) is 22.7. The van der Waals surface area contributed by atoms with Crippen LogP contribution in [0.2, 0.25) is 10.0 Å². The van der Waals surface area contributed by atoms with E-state index in [-0.39, 0.29) is 21.2 Å². The number of fused-ring (bicyclic) bond motifs is 5. The van der Waals surface area contributed by atoms with E-state index >= 15 is 0 Å². The molecule has 8 N–H and O–H groups in total. The summed E-state index contributed by atoms with van der Waals surface area (Å²) < 4.78 is 0. The largest absolute Gasteiger partial charge is 0.506 e. The van der Waals surface area contributed by atoms with E-state index in [4.69, 9.17) is 33.4 Å². The zero-order valence-corrected chi connectivity index (χ0v) is 43.5. The van der Waals surface area contributed by atoms with Gasteiger partial charge in [0, 0.05) is 18.8 Å². The Kier molecular flexibility index (Phi) is 18.5. The second kappa shape index (κ2) is 23.5. The van der Waals surface area contributed by atoms with E-state index in [0.717, 1.165) is 54.8 Å². The number of carbonyl (C=O) groups is 6. The molecule has 0 radical (unpaired) electrons. The molecule has 392 valence electrons. The highest BCUT2D eigenvalue weighted by molar-refractivity contribution is 6.33. The van der Waals surface area contributed by atoms with E-state index in [1.54, 1.807) is 0 Å². The summed E-state index contributed by atoms with van der Waals surface area (Å²) in [5.74, 6) is -3.75. The molecule has 0 aliphatic heterocycles. The topological polar surface area (TPSA) is 248 Å². The lowest BCUT2D eigenvalue weighted by Gasteiger charge is -2.61. The molecule has 0 spiro atoms. The number of phenolic OH excluding ortho intramolecular Hbond substituents is 2. The lowest BCUT2D eigenvalue weighted by molar-refractivity contribution is -0.142. The summed E-state index contributed by atoms with van der Waals surface area (Å²) in [6, 6.07) is 2.40. The number of phenols is 2. The van der Waals surface area contributed by atoms with Crippen LogP contribution in [0.5, 0.6) is 11.5 Å². The van der Waals surface area contributed by atoms with Crippen molar-refractivity contribution in [3.8, 4) is 11.5 Å². The zero-order valence-electron chi connectivity index (χ0n) is 42.0. The maximum atomic E-state index is 13.7. The molecule has 0 bridgehead atoms. The Morgan fingerprint density at radius 3 is 1.66 bits per heavy atom. The predicted molar refractivity (Wildman–Crippen MR) is 270 cm³/mol. The fourth-order valence-electron chi connectivity index (χ4n) is 14.3. The molecule has 0 aromatic heterocycles. The molecule has 4 fully saturated rings. The minimum Gasteiger partial charge on any atom is -0.506 e. The van der Waals surface area contributed by atoms with Crippen molar-refractivity contribution in [2.45, 2.75) is 175 Å². The molecule has 2 aromatic rings. The maximum Gasteiger partial charge on any atom is 0.326 e. The molecular weight excluding hydrogens is 952 g/mol. The molecule has 4 aliphatic carbocycles. The SMILES string of the molecule is CC(C)CCCC(C)[C@H]1CC[C@H]2[C@@H]3CCC4C[C@@H](CCCC(c5cc(Cl)c(O)c(C(=O)N[C@@H](CCC(=O)O)C(=O)O)c5)c5cc(Cl)c(O)c(C(=O)N[C@@H](CCC(=O)O)C(=O)O)c5)CC[C@]4(C)[C@H]3CC[C@]12C. The number of nitrogens with one attached hydrogen (secondary N) is 2. The van der Waals surface area contributed by atoms with Crippen molar-refractivity contribution in [3.05, 3.63) is 56.6 Å². The first kappa shape index (κ1) is 55.7. The fraction of sp³-hybridized carbons (Fsp3) is 0.673. The van der Waals surface area contributed by atoms with E-state index in [1.807, 2.05) is 0 Å². The van der Waals surface area contributed by atoms with Crippen LogP contribution in [0.3, 0.4) is 0 Å². The van der Waals surface area contributed by atoms with Gasteiger partial charge in [0.2, 0.25) is 0 Å². The number of hydrogen-bond acceptors (Lipinski definition) is 8. The van der Waals surface area contributed by atoms with Crippen LogP contribution in [0.4, 0.5) is 0 Å². The van der Waals surface area contributed by atoms with Gasteiger partial charge in [0.1, 0.15) is 23.6 Å². The van der Waals surface area contributed by atoms with E-state index in [9.17, 15) is 49.2 Å². The number of rotatable bonds is 23. The number of halogens is 2. The van der Waals surface area contributed by atoms with Crippen molar-refractivity contribution >= 4 is 58.9 Å². The summed E-state index contributed by atoms with van der Waals surface area (Å²) in [6.07, 6.45) is 15.3. The van der Waals surface area contributed by atoms with Crippen molar-refractivity contribution in [1.82, 2.24) is 10.6 Å². The average Bonchev–Trinajstić information content (AvgIpc) is 3.66. The molecule has 16 heteroatoms. The maximum absolute atomic E-state index is 13.7. The van der Waals surface area contributed by atoms with E-state index in [2.05, 4.69) is 45.3 Å².